The van der Waals surface area contributed by atoms with Gasteiger partial charge >= 0.3 is 6.18 Å². The van der Waals surface area contributed by atoms with E-state index in [2.05, 4.69) is 26.2 Å². The van der Waals surface area contributed by atoms with Gasteiger partial charge in [0.2, 0.25) is 0 Å². The van der Waals surface area contributed by atoms with Crippen molar-refractivity contribution >= 4 is 21.6 Å². The van der Waals surface area contributed by atoms with Crippen LogP contribution in [0.25, 0.3) is 0 Å². The molecule has 0 saturated carbocycles. The number of benzene rings is 1. The zero-order valence-electron chi connectivity index (χ0n) is 10.4. The van der Waals surface area contributed by atoms with Crippen LogP contribution in [0.15, 0.2) is 47.2 Å². The van der Waals surface area contributed by atoms with Crippen molar-refractivity contribution in [2.75, 3.05) is 11.9 Å². The van der Waals surface area contributed by atoms with E-state index in [0.717, 1.165) is 11.6 Å². The molecular formula is C14H12BrF3N2. The number of nitrogens with one attached hydrogen (secondary N) is 1. The van der Waals surface area contributed by atoms with Crippen LogP contribution in [-0.2, 0) is 12.6 Å². The molecule has 6 heteroatoms. The van der Waals surface area contributed by atoms with Crippen LogP contribution in [0.2, 0.25) is 0 Å². The van der Waals surface area contributed by atoms with Gasteiger partial charge in [0.1, 0.15) is 0 Å². The van der Waals surface area contributed by atoms with Crippen molar-refractivity contribution in [1.82, 2.24) is 4.98 Å². The highest BCUT2D eigenvalue weighted by molar-refractivity contribution is 9.10. The molecule has 1 N–H and O–H groups in total. The number of nitrogens with zero attached hydrogens (tertiary/aromatic N) is 1. The summed E-state index contributed by atoms with van der Waals surface area (Å²) < 4.78 is 39.1. The third-order valence-electron chi connectivity index (χ3n) is 2.77. The largest absolute Gasteiger partial charge is 0.418 e. The van der Waals surface area contributed by atoms with Crippen LogP contribution in [0, 0.1) is 0 Å². The number of anilines is 1. The summed E-state index contributed by atoms with van der Waals surface area (Å²) in [7, 11) is 0. The molecule has 2 aromatic rings. The molecule has 1 aromatic carbocycles. The SMILES string of the molecule is FC(F)(F)c1cc(Br)ccc1NCCc1ccncc1. The van der Waals surface area contributed by atoms with Crippen molar-refractivity contribution in [3.8, 4) is 0 Å². The van der Waals surface area contributed by atoms with E-state index in [1.807, 2.05) is 12.1 Å². The maximum Gasteiger partial charge on any atom is 0.418 e. The maximum absolute atomic E-state index is 12.9. The molecule has 0 bridgehead atoms. The predicted octanol–water partition coefficient (Wildman–Crippen LogP) is 4.52. The average molecular weight is 345 g/mol. The lowest BCUT2D eigenvalue weighted by atomic mass is 10.1. The lowest BCUT2D eigenvalue weighted by Crippen LogP contribution is -2.12. The summed E-state index contributed by atoms with van der Waals surface area (Å²) in [5.41, 5.74) is 0.453. The Hall–Kier alpha value is -1.56. The van der Waals surface area contributed by atoms with Crippen molar-refractivity contribution in [3.63, 3.8) is 0 Å². The van der Waals surface area contributed by atoms with Gasteiger partial charge in [0.05, 0.1) is 5.56 Å². The van der Waals surface area contributed by atoms with E-state index in [9.17, 15) is 13.2 Å². The second-order valence-electron chi connectivity index (χ2n) is 4.22. The zero-order chi connectivity index (χ0) is 14.6. The standard InChI is InChI=1S/C14H12BrF3N2/c15-11-1-2-13(12(9-11)14(16,17)18)20-8-5-10-3-6-19-7-4-10/h1-4,6-7,9,20H,5,8H2. The third-order valence-corrected chi connectivity index (χ3v) is 3.26. The molecule has 0 saturated heterocycles. The first kappa shape index (κ1) is 14.8. The van der Waals surface area contributed by atoms with Crippen LogP contribution >= 0.6 is 15.9 Å². The van der Waals surface area contributed by atoms with Crippen LogP contribution in [0.3, 0.4) is 0 Å². The van der Waals surface area contributed by atoms with Gasteiger partial charge in [-0.05, 0) is 42.3 Å². The fourth-order valence-corrected chi connectivity index (χ4v) is 2.16. The highest BCUT2D eigenvalue weighted by atomic mass is 79.9. The Balaban J connectivity index is 2.06. The molecule has 106 valence electrons. The van der Waals surface area contributed by atoms with E-state index in [1.165, 1.54) is 6.07 Å². The Labute approximate surface area is 123 Å². The number of aromatic nitrogens is 1. The number of hydrogen-bond acceptors (Lipinski definition) is 2. The van der Waals surface area contributed by atoms with E-state index >= 15 is 0 Å². The van der Waals surface area contributed by atoms with Crippen LogP contribution in [0.1, 0.15) is 11.1 Å². The maximum atomic E-state index is 12.9. The second-order valence-corrected chi connectivity index (χ2v) is 5.14. The summed E-state index contributed by atoms with van der Waals surface area (Å²) in [4.78, 5) is 3.89. The Morgan fingerprint density at radius 1 is 1.10 bits per heavy atom. The third kappa shape index (κ3) is 3.96. The highest BCUT2D eigenvalue weighted by Crippen LogP contribution is 2.36. The molecule has 0 unspecified atom stereocenters. The predicted molar refractivity (Wildman–Crippen MR) is 75.6 cm³/mol. The minimum atomic E-state index is -4.37. The van der Waals surface area contributed by atoms with Gasteiger partial charge in [0.25, 0.3) is 0 Å². The van der Waals surface area contributed by atoms with Crippen LogP contribution in [-0.4, -0.2) is 11.5 Å². The number of pyridine rings is 1. The smallest absolute Gasteiger partial charge is 0.384 e. The van der Waals surface area contributed by atoms with Crippen LogP contribution in [0.5, 0.6) is 0 Å². The number of hydrogen-bond donors (Lipinski definition) is 1. The molecule has 0 spiro atoms. The lowest BCUT2D eigenvalue weighted by molar-refractivity contribution is -0.137. The summed E-state index contributed by atoms with van der Waals surface area (Å²) in [5.74, 6) is 0. The van der Waals surface area contributed by atoms with Gasteiger partial charge in [-0.2, -0.15) is 13.2 Å². The monoisotopic (exact) mass is 344 g/mol. The quantitative estimate of drug-likeness (QED) is 0.882. The normalized spacial score (nSPS) is 11.4. The molecule has 0 aliphatic heterocycles. The zero-order valence-corrected chi connectivity index (χ0v) is 12.0. The molecule has 0 fully saturated rings. The Morgan fingerprint density at radius 2 is 1.80 bits per heavy atom. The molecule has 2 rings (SSSR count). The van der Waals surface area contributed by atoms with E-state index in [-0.39, 0.29) is 5.69 Å². The van der Waals surface area contributed by atoms with Crippen molar-refractivity contribution in [3.05, 3.63) is 58.3 Å². The second kappa shape index (κ2) is 6.26. The average Bonchev–Trinajstić information content (AvgIpc) is 2.40. The van der Waals surface area contributed by atoms with Gasteiger partial charge in [-0.25, -0.2) is 0 Å². The Morgan fingerprint density at radius 3 is 2.45 bits per heavy atom. The summed E-state index contributed by atoms with van der Waals surface area (Å²) in [6.45, 7) is 0.425. The van der Waals surface area contributed by atoms with E-state index in [0.29, 0.717) is 17.4 Å². The van der Waals surface area contributed by atoms with Gasteiger partial charge in [-0.15, -0.1) is 0 Å². The fraction of sp³-hybridized carbons (Fsp3) is 0.214. The molecule has 0 radical (unpaired) electrons. The van der Waals surface area contributed by atoms with Crippen molar-refractivity contribution in [2.24, 2.45) is 0 Å². The van der Waals surface area contributed by atoms with Gasteiger partial charge in [-0.3, -0.25) is 4.98 Å². The summed E-state index contributed by atoms with van der Waals surface area (Å²) >= 11 is 3.06. The molecule has 2 nitrogen and oxygen atoms in total. The van der Waals surface area contributed by atoms with Gasteiger partial charge in [0.15, 0.2) is 0 Å². The van der Waals surface area contributed by atoms with E-state index in [1.54, 1.807) is 18.5 Å². The van der Waals surface area contributed by atoms with Crippen LogP contribution in [0.4, 0.5) is 18.9 Å². The van der Waals surface area contributed by atoms with Crippen molar-refractivity contribution in [1.29, 1.82) is 0 Å². The van der Waals surface area contributed by atoms with Gasteiger partial charge < -0.3 is 5.32 Å². The molecular weight excluding hydrogens is 333 g/mol. The van der Waals surface area contributed by atoms with Gasteiger partial charge in [0, 0.05) is 29.1 Å². The number of halogens is 4. The lowest BCUT2D eigenvalue weighted by Gasteiger charge is -2.15. The minimum Gasteiger partial charge on any atom is -0.384 e. The number of alkyl halides is 3. The van der Waals surface area contributed by atoms with Crippen molar-refractivity contribution < 1.29 is 13.2 Å². The topological polar surface area (TPSA) is 24.9 Å². The van der Waals surface area contributed by atoms with Crippen molar-refractivity contribution in [2.45, 2.75) is 12.6 Å². The molecule has 0 aliphatic rings. The Bertz CT molecular complexity index is 570. The van der Waals surface area contributed by atoms with E-state index in [4.69, 9.17) is 0 Å². The van der Waals surface area contributed by atoms with Crippen LogP contribution < -0.4 is 5.32 Å². The number of rotatable bonds is 4. The minimum absolute atomic E-state index is 0.0924. The summed E-state index contributed by atoms with van der Waals surface area (Å²) in [6.07, 6.45) is -0.412. The first-order valence-corrected chi connectivity index (χ1v) is 6.75. The summed E-state index contributed by atoms with van der Waals surface area (Å²) in [5, 5.41) is 2.83. The van der Waals surface area contributed by atoms with Gasteiger partial charge in [-0.1, -0.05) is 15.9 Å². The molecule has 1 heterocycles. The molecule has 0 amide bonds. The fourth-order valence-electron chi connectivity index (χ4n) is 1.80. The molecule has 20 heavy (non-hydrogen) atoms. The molecule has 0 atom stereocenters. The summed E-state index contributed by atoms with van der Waals surface area (Å²) in [6, 6.07) is 7.78. The molecule has 0 aliphatic carbocycles. The Kier molecular flexibility index (Phi) is 4.65. The highest BCUT2D eigenvalue weighted by Gasteiger charge is 2.33. The first-order chi connectivity index (χ1) is 9.47. The molecule has 1 aromatic heterocycles. The van der Waals surface area contributed by atoms with E-state index < -0.39 is 11.7 Å². The first-order valence-electron chi connectivity index (χ1n) is 5.96.